The summed E-state index contributed by atoms with van der Waals surface area (Å²) in [5, 5.41) is 9.09. The first kappa shape index (κ1) is 14.5. The number of allylic oxidation sites excluding steroid dienone is 1. The molecule has 1 aliphatic heterocycles. The Labute approximate surface area is 108 Å². The fourth-order valence-corrected chi connectivity index (χ4v) is 2.09. The molecule has 0 radical (unpaired) electrons. The van der Waals surface area contributed by atoms with Gasteiger partial charge in [-0.2, -0.15) is 5.26 Å². The summed E-state index contributed by atoms with van der Waals surface area (Å²) in [6.45, 7) is 9.09. The number of hydrogen-bond acceptors (Lipinski definition) is 5. The zero-order valence-electron chi connectivity index (χ0n) is 11.4. The molecule has 0 spiro atoms. The monoisotopic (exact) mass is 252 g/mol. The van der Waals surface area contributed by atoms with Gasteiger partial charge in [0.05, 0.1) is 18.8 Å². The van der Waals surface area contributed by atoms with E-state index in [1.165, 1.54) is 0 Å². The highest BCUT2D eigenvalue weighted by atomic mass is 16.5. The summed E-state index contributed by atoms with van der Waals surface area (Å²) in [6.07, 6.45) is 0.177. The fourth-order valence-electron chi connectivity index (χ4n) is 2.09. The Morgan fingerprint density at radius 1 is 1.44 bits per heavy atom. The summed E-state index contributed by atoms with van der Waals surface area (Å²) in [6, 6.07) is 1.94. The predicted molar refractivity (Wildman–Crippen MR) is 66.5 cm³/mol. The van der Waals surface area contributed by atoms with Gasteiger partial charge in [0.1, 0.15) is 6.07 Å². The molecule has 18 heavy (non-hydrogen) atoms. The van der Waals surface area contributed by atoms with Gasteiger partial charge in [0.15, 0.2) is 5.57 Å². The Morgan fingerprint density at radius 2 is 2.00 bits per heavy atom. The number of nitriles is 1. The second-order valence-corrected chi connectivity index (χ2v) is 4.45. The molecule has 5 heteroatoms. The summed E-state index contributed by atoms with van der Waals surface area (Å²) in [5.74, 6) is -0.552. The number of carbonyl (C=O) groups excluding carboxylic acids is 1. The Bertz CT molecular complexity index is 374. The van der Waals surface area contributed by atoms with Crippen molar-refractivity contribution in [2.75, 3.05) is 19.7 Å². The van der Waals surface area contributed by atoms with E-state index >= 15 is 0 Å². The molecule has 0 saturated carbocycles. The van der Waals surface area contributed by atoms with Crippen LogP contribution in [0.2, 0.25) is 0 Å². The van der Waals surface area contributed by atoms with Crippen molar-refractivity contribution in [3.8, 4) is 6.07 Å². The second-order valence-electron chi connectivity index (χ2n) is 4.45. The number of carbonyl (C=O) groups is 1. The third kappa shape index (κ3) is 3.47. The van der Waals surface area contributed by atoms with Crippen molar-refractivity contribution < 1.29 is 14.3 Å². The molecule has 0 aromatic rings. The molecule has 1 aliphatic rings. The zero-order chi connectivity index (χ0) is 13.7. The molecule has 1 fully saturated rings. The number of nitrogens with zero attached hydrogens (tertiary/aromatic N) is 2. The highest BCUT2D eigenvalue weighted by Gasteiger charge is 2.25. The minimum absolute atomic E-state index is 0.0816. The van der Waals surface area contributed by atoms with Gasteiger partial charge in [-0.1, -0.05) is 0 Å². The molecule has 0 N–H and O–H groups in total. The molecular formula is C13H20N2O3. The minimum Gasteiger partial charge on any atom is -0.462 e. The van der Waals surface area contributed by atoms with Crippen LogP contribution in [0.15, 0.2) is 11.3 Å². The van der Waals surface area contributed by atoms with Crippen LogP contribution >= 0.6 is 0 Å². The van der Waals surface area contributed by atoms with Gasteiger partial charge in [0, 0.05) is 18.8 Å². The fraction of sp³-hybridized carbons (Fsp3) is 0.692. The van der Waals surface area contributed by atoms with E-state index < -0.39 is 5.97 Å². The largest absolute Gasteiger partial charge is 0.462 e. The lowest BCUT2D eigenvalue weighted by Crippen LogP contribution is -2.44. The van der Waals surface area contributed by atoms with Gasteiger partial charge in [-0.25, -0.2) is 4.79 Å². The number of morpholine rings is 1. The Hall–Kier alpha value is -1.54. The lowest BCUT2D eigenvalue weighted by Gasteiger charge is -2.37. The predicted octanol–water partition coefficient (Wildman–Crippen LogP) is 1.46. The van der Waals surface area contributed by atoms with E-state index in [4.69, 9.17) is 14.7 Å². The Morgan fingerprint density at radius 3 is 2.44 bits per heavy atom. The van der Waals surface area contributed by atoms with Crippen LogP contribution in [0.1, 0.15) is 27.7 Å². The quantitative estimate of drug-likeness (QED) is 0.432. The van der Waals surface area contributed by atoms with Crippen molar-refractivity contribution in [3.05, 3.63) is 11.3 Å². The number of ether oxygens (including phenoxy) is 2. The van der Waals surface area contributed by atoms with E-state index in [2.05, 4.69) is 0 Å². The van der Waals surface area contributed by atoms with E-state index in [1.807, 2.05) is 24.8 Å². The van der Waals surface area contributed by atoms with Crippen LogP contribution in [0.4, 0.5) is 0 Å². The second kappa shape index (κ2) is 6.41. The van der Waals surface area contributed by atoms with Crippen LogP contribution < -0.4 is 0 Å². The molecule has 0 bridgehead atoms. The smallest absolute Gasteiger partial charge is 0.350 e. The zero-order valence-corrected chi connectivity index (χ0v) is 11.4. The van der Waals surface area contributed by atoms with E-state index in [0.717, 1.165) is 0 Å². The molecule has 5 nitrogen and oxygen atoms in total. The van der Waals surface area contributed by atoms with Crippen molar-refractivity contribution >= 4 is 5.97 Å². The van der Waals surface area contributed by atoms with Crippen LogP contribution in [0.3, 0.4) is 0 Å². The average molecular weight is 252 g/mol. The molecule has 0 aliphatic carbocycles. The maximum absolute atomic E-state index is 11.7. The summed E-state index contributed by atoms with van der Waals surface area (Å²) >= 11 is 0. The Balaban J connectivity index is 2.90. The molecule has 100 valence electrons. The standard InChI is InChI=1S/C13H20N2O3/c1-5-17-13(16)12(6-14)11(4)15-7-9(2)18-10(3)8-15/h9-10H,5,7-8H2,1-4H3/b12-11+. The van der Waals surface area contributed by atoms with Crippen molar-refractivity contribution in [3.63, 3.8) is 0 Å². The van der Waals surface area contributed by atoms with Crippen molar-refractivity contribution in [2.24, 2.45) is 0 Å². The van der Waals surface area contributed by atoms with Gasteiger partial charge >= 0.3 is 5.97 Å². The molecule has 0 amide bonds. The topological polar surface area (TPSA) is 62.6 Å². The average Bonchev–Trinajstić information content (AvgIpc) is 2.28. The number of hydrogen-bond donors (Lipinski definition) is 0. The van der Waals surface area contributed by atoms with Gasteiger partial charge in [-0.3, -0.25) is 0 Å². The minimum atomic E-state index is -0.552. The molecule has 2 atom stereocenters. The lowest BCUT2D eigenvalue weighted by atomic mass is 10.1. The van der Waals surface area contributed by atoms with Crippen LogP contribution in [-0.2, 0) is 14.3 Å². The maximum atomic E-state index is 11.7. The van der Waals surface area contributed by atoms with E-state index in [-0.39, 0.29) is 24.4 Å². The first-order valence-electron chi connectivity index (χ1n) is 6.18. The van der Waals surface area contributed by atoms with Gasteiger partial charge in [0.2, 0.25) is 0 Å². The van der Waals surface area contributed by atoms with E-state index in [1.54, 1.807) is 13.8 Å². The van der Waals surface area contributed by atoms with Gasteiger partial charge < -0.3 is 14.4 Å². The SMILES string of the molecule is CCOC(=O)/C(C#N)=C(\C)N1CC(C)OC(C)C1. The summed E-state index contributed by atoms with van der Waals surface area (Å²) in [4.78, 5) is 13.7. The van der Waals surface area contributed by atoms with Crippen LogP contribution in [0.5, 0.6) is 0 Å². The molecule has 1 saturated heterocycles. The number of rotatable bonds is 3. The van der Waals surface area contributed by atoms with Gasteiger partial charge in [0.25, 0.3) is 0 Å². The summed E-state index contributed by atoms with van der Waals surface area (Å²) in [7, 11) is 0. The normalized spacial score (nSPS) is 25.2. The van der Waals surface area contributed by atoms with Crippen LogP contribution in [-0.4, -0.2) is 42.8 Å². The molecule has 2 unspecified atom stereocenters. The summed E-state index contributed by atoms with van der Waals surface area (Å²) in [5.41, 5.74) is 0.746. The van der Waals surface area contributed by atoms with Crippen molar-refractivity contribution in [1.29, 1.82) is 5.26 Å². The molecular weight excluding hydrogens is 232 g/mol. The highest BCUT2D eigenvalue weighted by Crippen LogP contribution is 2.18. The molecule has 0 aromatic carbocycles. The molecule has 1 rings (SSSR count). The Kier molecular flexibility index (Phi) is 5.17. The third-order valence-electron chi connectivity index (χ3n) is 2.85. The van der Waals surface area contributed by atoms with E-state index in [9.17, 15) is 4.79 Å². The van der Waals surface area contributed by atoms with Crippen molar-refractivity contribution in [2.45, 2.75) is 39.9 Å². The first-order valence-corrected chi connectivity index (χ1v) is 6.18. The summed E-state index contributed by atoms with van der Waals surface area (Å²) < 4.78 is 10.5. The number of esters is 1. The van der Waals surface area contributed by atoms with Gasteiger partial charge in [-0.05, 0) is 27.7 Å². The van der Waals surface area contributed by atoms with Gasteiger partial charge in [-0.15, -0.1) is 0 Å². The lowest BCUT2D eigenvalue weighted by molar-refractivity contribution is -0.138. The molecule has 0 aromatic heterocycles. The van der Waals surface area contributed by atoms with E-state index in [0.29, 0.717) is 18.8 Å². The van der Waals surface area contributed by atoms with Crippen molar-refractivity contribution in [1.82, 2.24) is 4.90 Å². The highest BCUT2D eigenvalue weighted by molar-refractivity contribution is 5.93. The molecule has 1 heterocycles. The third-order valence-corrected chi connectivity index (χ3v) is 2.85. The maximum Gasteiger partial charge on any atom is 0.350 e. The first-order chi connectivity index (χ1) is 8.49. The van der Waals surface area contributed by atoms with Crippen LogP contribution in [0.25, 0.3) is 0 Å². The van der Waals surface area contributed by atoms with Crippen LogP contribution in [0, 0.1) is 11.3 Å².